The molecule has 3 heteroatoms. The Bertz CT molecular complexity index is 297. The van der Waals surface area contributed by atoms with E-state index in [2.05, 4.69) is 0 Å². The van der Waals surface area contributed by atoms with Crippen molar-refractivity contribution < 1.29 is 14.2 Å². The molecular formula is C11H15FO2. The molecule has 0 aliphatic carbocycles. The van der Waals surface area contributed by atoms with Crippen molar-refractivity contribution in [1.29, 1.82) is 0 Å². The lowest BCUT2D eigenvalue weighted by Gasteiger charge is -2.09. The first kappa shape index (κ1) is 11.0. The van der Waals surface area contributed by atoms with Crippen LogP contribution < -0.4 is 4.74 Å². The van der Waals surface area contributed by atoms with Crippen LogP contribution in [-0.4, -0.2) is 18.3 Å². The van der Waals surface area contributed by atoms with Gasteiger partial charge in [0.2, 0.25) is 0 Å². The molecule has 0 spiro atoms. The van der Waals surface area contributed by atoms with E-state index in [1.54, 1.807) is 13.0 Å². The van der Waals surface area contributed by atoms with Crippen LogP contribution in [0.4, 0.5) is 4.39 Å². The lowest BCUT2D eigenvalue weighted by atomic mass is 10.1. The molecule has 0 unspecified atom stereocenters. The van der Waals surface area contributed by atoms with Crippen molar-refractivity contribution in [2.75, 3.05) is 7.11 Å². The highest BCUT2D eigenvalue weighted by Gasteiger charge is 2.08. The molecule has 0 aromatic heterocycles. The molecule has 0 heterocycles. The van der Waals surface area contributed by atoms with Gasteiger partial charge in [-0.2, -0.15) is 0 Å². The van der Waals surface area contributed by atoms with Gasteiger partial charge in [-0.25, -0.2) is 4.39 Å². The minimum Gasteiger partial charge on any atom is -0.493 e. The number of aryl methyl sites for hydroxylation is 1. The van der Waals surface area contributed by atoms with Gasteiger partial charge in [0.15, 0.2) is 11.6 Å². The minimum absolute atomic E-state index is 0.285. The Labute approximate surface area is 83.3 Å². The summed E-state index contributed by atoms with van der Waals surface area (Å²) in [6, 6.07) is 4.82. The number of benzene rings is 1. The van der Waals surface area contributed by atoms with Crippen molar-refractivity contribution in [1.82, 2.24) is 0 Å². The van der Waals surface area contributed by atoms with Crippen molar-refractivity contribution in [2.45, 2.75) is 25.9 Å². The number of aliphatic hydroxyl groups excluding tert-OH is 1. The smallest absolute Gasteiger partial charge is 0.165 e. The van der Waals surface area contributed by atoms with Crippen molar-refractivity contribution in [3.63, 3.8) is 0 Å². The number of rotatable bonds is 4. The van der Waals surface area contributed by atoms with Crippen LogP contribution in [0.2, 0.25) is 0 Å². The Kier molecular flexibility index (Phi) is 3.89. The first-order valence-electron chi connectivity index (χ1n) is 4.64. The number of halogens is 1. The van der Waals surface area contributed by atoms with Crippen LogP contribution in [0.5, 0.6) is 5.75 Å². The summed E-state index contributed by atoms with van der Waals surface area (Å²) < 4.78 is 18.1. The number of ether oxygens (including phenoxy) is 1. The van der Waals surface area contributed by atoms with E-state index >= 15 is 0 Å². The topological polar surface area (TPSA) is 29.5 Å². The summed E-state index contributed by atoms with van der Waals surface area (Å²) in [4.78, 5) is 0. The molecule has 14 heavy (non-hydrogen) atoms. The molecule has 0 radical (unpaired) electrons. The standard InChI is InChI=1S/C11H15FO2/c1-8(13)6-7-9-4-3-5-10(12)11(9)14-2/h3-5,8,13H,6-7H2,1-2H3/t8-/m1/s1. The second kappa shape index (κ2) is 4.96. The summed E-state index contributed by atoms with van der Waals surface area (Å²) in [5.74, 6) is -0.0660. The van der Waals surface area contributed by atoms with Crippen LogP contribution in [0.1, 0.15) is 18.9 Å². The fourth-order valence-electron chi connectivity index (χ4n) is 1.34. The molecule has 0 amide bonds. The van der Waals surface area contributed by atoms with Gasteiger partial charge in [0.05, 0.1) is 13.2 Å². The predicted octanol–water partition coefficient (Wildman–Crippen LogP) is 2.15. The summed E-state index contributed by atoms with van der Waals surface area (Å²) in [6.07, 6.45) is 0.862. The molecule has 1 atom stereocenters. The molecule has 0 aliphatic rings. The molecule has 1 aromatic rings. The number of hydrogen-bond acceptors (Lipinski definition) is 2. The summed E-state index contributed by atoms with van der Waals surface area (Å²) in [7, 11) is 1.45. The van der Waals surface area contributed by atoms with Gasteiger partial charge in [0, 0.05) is 0 Å². The van der Waals surface area contributed by atoms with Gasteiger partial charge in [0.1, 0.15) is 0 Å². The van der Waals surface area contributed by atoms with Crippen molar-refractivity contribution in [3.8, 4) is 5.75 Å². The van der Waals surface area contributed by atoms with Gasteiger partial charge < -0.3 is 9.84 Å². The Morgan fingerprint density at radius 3 is 2.79 bits per heavy atom. The third kappa shape index (κ3) is 2.70. The molecule has 1 rings (SSSR count). The lowest BCUT2D eigenvalue weighted by Crippen LogP contribution is -2.03. The SMILES string of the molecule is COc1c(F)cccc1CC[C@@H](C)O. The predicted molar refractivity (Wildman–Crippen MR) is 53.0 cm³/mol. The van der Waals surface area contributed by atoms with Crippen LogP contribution >= 0.6 is 0 Å². The van der Waals surface area contributed by atoms with Crippen molar-refractivity contribution in [3.05, 3.63) is 29.6 Å². The number of methoxy groups -OCH3 is 1. The van der Waals surface area contributed by atoms with Gasteiger partial charge >= 0.3 is 0 Å². The summed E-state index contributed by atoms with van der Waals surface area (Å²) in [6.45, 7) is 1.71. The molecule has 1 aromatic carbocycles. The van der Waals surface area contributed by atoms with E-state index in [0.29, 0.717) is 12.8 Å². The third-order valence-electron chi connectivity index (χ3n) is 2.08. The maximum absolute atomic E-state index is 13.2. The molecule has 78 valence electrons. The quantitative estimate of drug-likeness (QED) is 0.803. The molecular weight excluding hydrogens is 183 g/mol. The van der Waals surface area contributed by atoms with E-state index in [4.69, 9.17) is 9.84 Å². The lowest BCUT2D eigenvalue weighted by molar-refractivity contribution is 0.184. The normalized spacial score (nSPS) is 12.6. The maximum Gasteiger partial charge on any atom is 0.165 e. The van der Waals surface area contributed by atoms with E-state index in [9.17, 15) is 4.39 Å². The number of aliphatic hydroxyl groups is 1. The van der Waals surface area contributed by atoms with E-state index in [-0.39, 0.29) is 17.7 Å². The first-order chi connectivity index (χ1) is 6.65. The zero-order chi connectivity index (χ0) is 10.6. The van der Waals surface area contributed by atoms with Crippen molar-refractivity contribution in [2.24, 2.45) is 0 Å². The largest absolute Gasteiger partial charge is 0.493 e. The van der Waals surface area contributed by atoms with Crippen LogP contribution in [0.15, 0.2) is 18.2 Å². The van der Waals surface area contributed by atoms with Crippen LogP contribution in [-0.2, 0) is 6.42 Å². The van der Waals surface area contributed by atoms with Gasteiger partial charge in [-0.3, -0.25) is 0 Å². The molecule has 0 saturated heterocycles. The molecule has 0 bridgehead atoms. The van der Waals surface area contributed by atoms with Crippen molar-refractivity contribution >= 4 is 0 Å². The Balaban J connectivity index is 2.80. The van der Waals surface area contributed by atoms with Crippen LogP contribution in [0.25, 0.3) is 0 Å². The van der Waals surface area contributed by atoms with Gasteiger partial charge in [0.25, 0.3) is 0 Å². The van der Waals surface area contributed by atoms with E-state index in [1.165, 1.54) is 13.2 Å². The minimum atomic E-state index is -0.372. The summed E-state index contributed by atoms with van der Waals surface area (Å²) >= 11 is 0. The van der Waals surface area contributed by atoms with Gasteiger partial charge in [-0.05, 0) is 31.4 Å². The van der Waals surface area contributed by atoms with Crippen LogP contribution in [0.3, 0.4) is 0 Å². The Morgan fingerprint density at radius 2 is 2.21 bits per heavy atom. The zero-order valence-corrected chi connectivity index (χ0v) is 8.46. The highest BCUT2D eigenvalue weighted by Crippen LogP contribution is 2.23. The number of para-hydroxylation sites is 1. The van der Waals surface area contributed by atoms with E-state index < -0.39 is 0 Å². The molecule has 1 N–H and O–H groups in total. The fourth-order valence-corrected chi connectivity index (χ4v) is 1.34. The zero-order valence-electron chi connectivity index (χ0n) is 8.46. The molecule has 0 saturated carbocycles. The molecule has 0 fully saturated rings. The summed E-state index contributed by atoms with van der Waals surface area (Å²) in [5, 5.41) is 9.11. The van der Waals surface area contributed by atoms with Gasteiger partial charge in [-0.15, -0.1) is 0 Å². The highest BCUT2D eigenvalue weighted by atomic mass is 19.1. The molecule has 0 aliphatic heterocycles. The second-order valence-electron chi connectivity index (χ2n) is 3.32. The van der Waals surface area contributed by atoms with E-state index in [0.717, 1.165) is 5.56 Å². The van der Waals surface area contributed by atoms with E-state index in [1.807, 2.05) is 6.07 Å². The molecule has 2 nitrogen and oxygen atoms in total. The average molecular weight is 198 g/mol. The second-order valence-corrected chi connectivity index (χ2v) is 3.32. The van der Waals surface area contributed by atoms with Crippen LogP contribution in [0, 0.1) is 5.82 Å². The maximum atomic E-state index is 13.2. The van der Waals surface area contributed by atoms with Gasteiger partial charge in [-0.1, -0.05) is 12.1 Å². The third-order valence-corrected chi connectivity index (χ3v) is 2.08. The summed E-state index contributed by atoms with van der Waals surface area (Å²) in [5.41, 5.74) is 0.799. The number of hydrogen-bond donors (Lipinski definition) is 1. The Hall–Kier alpha value is -1.09. The first-order valence-corrected chi connectivity index (χ1v) is 4.64. The highest BCUT2D eigenvalue weighted by molar-refractivity contribution is 5.34. The Morgan fingerprint density at radius 1 is 1.50 bits per heavy atom. The monoisotopic (exact) mass is 198 g/mol. The fraction of sp³-hybridized carbons (Fsp3) is 0.455. The average Bonchev–Trinajstić information content (AvgIpc) is 2.14.